The van der Waals surface area contributed by atoms with Crippen LogP contribution in [0.5, 0.6) is 0 Å². The first-order valence-corrected chi connectivity index (χ1v) is 19.4. The summed E-state index contributed by atoms with van der Waals surface area (Å²) in [4.78, 5) is 5.05. The third-order valence-electron chi connectivity index (χ3n) is 11.6. The van der Waals surface area contributed by atoms with E-state index in [1.807, 2.05) is 18.5 Å². The molecule has 2 aliphatic heterocycles. The number of aliphatic imine (C=N–C) groups is 1. The van der Waals surface area contributed by atoms with E-state index in [4.69, 9.17) is 4.99 Å². The Morgan fingerprint density at radius 1 is 0.804 bits per heavy atom. The molecule has 6 aliphatic rings. The Morgan fingerprint density at radius 3 is 2.57 bits per heavy atom. The molecule has 1 N–H and O–H groups in total. The quantitative estimate of drug-likeness (QED) is 0.227. The van der Waals surface area contributed by atoms with Gasteiger partial charge in [0, 0.05) is 45.5 Å². The summed E-state index contributed by atoms with van der Waals surface area (Å²) in [6, 6.07) is 25.4. The van der Waals surface area contributed by atoms with Crippen molar-refractivity contribution in [1.29, 1.82) is 0 Å². The van der Waals surface area contributed by atoms with Crippen LogP contribution in [0.2, 0.25) is 0 Å². The zero-order chi connectivity index (χ0) is 33.9. The maximum atomic E-state index is 5.05. The molecule has 51 heavy (non-hydrogen) atoms. The fourth-order valence-corrected chi connectivity index (χ4v) is 10.9. The van der Waals surface area contributed by atoms with Gasteiger partial charge in [-0.15, -0.1) is 11.8 Å². The second-order valence-corrected chi connectivity index (χ2v) is 15.9. The number of thioether (sulfide) groups is 1. The maximum Gasteiger partial charge on any atom is 0.208 e. The standard InChI is InChI=1S/C47H41N3S/c1-47(48-26-11-27-49-47)50-42-25-21-35(34-17-10-16-33(28-34)31-12-4-2-5-13-31)29-41(42)38-22-20-36(30-43(38)50)45-37(32-14-6-3-7-15-32)23-24-40-39-18-8-9-19-44(39)51-46(40)45/h2-4,6-9,11-12,14-15,17-30,39,44-46,48H,5,10,13,16H2,1H3. The van der Waals surface area contributed by atoms with Gasteiger partial charge in [0.1, 0.15) is 0 Å². The Bertz CT molecular complexity index is 2400. The number of rotatable bonds is 5. The highest BCUT2D eigenvalue weighted by molar-refractivity contribution is 8.01. The lowest BCUT2D eigenvalue weighted by Gasteiger charge is -2.33. The molecule has 0 bridgehead atoms. The fourth-order valence-electron chi connectivity index (χ4n) is 9.15. The van der Waals surface area contributed by atoms with Gasteiger partial charge in [-0.25, -0.2) is 4.99 Å². The van der Waals surface area contributed by atoms with Gasteiger partial charge in [-0.1, -0.05) is 115 Å². The van der Waals surface area contributed by atoms with E-state index in [-0.39, 0.29) is 5.92 Å². The van der Waals surface area contributed by atoms with Crippen LogP contribution in [0.1, 0.15) is 55.2 Å². The van der Waals surface area contributed by atoms with Crippen molar-refractivity contribution < 1.29 is 0 Å². The van der Waals surface area contributed by atoms with E-state index in [0.29, 0.717) is 16.4 Å². The first-order chi connectivity index (χ1) is 25.1. The van der Waals surface area contributed by atoms with Gasteiger partial charge >= 0.3 is 0 Å². The van der Waals surface area contributed by atoms with Gasteiger partial charge in [0.2, 0.25) is 5.79 Å². The molecule has 4 heteroatoms. The normalized spacial score (nSPS) is 27.7. The summed E-state index contributed by atoms with van der Waals surface area (Å²) < 4.78 is 2.43. The largest absolute Gasteiger partial charge is 0.350 e. The van der Waals surface area contributed by atoms with E-state index >= 15 is 0 Å². The molecule has 4 aromatic rings. The number of hydrogen-bond donors (Lipinski definition) is 1. The van der Waals surface area contributed by atoms with Crippen molar-refractivity contribution >= 4 is 50.9 Å². The van der Waals surface area contributed by atoms with Gasteiger partial charge in [-0.3, -0.25) is 4.57 Å². The van der Waals surface area contributed by atoms with Gasteiger partial charge < -0.3 is 5.32 Å². The summed E-state index contributed by atoms with van der Waals surface area (Å²) in [6.45, 7) is 2.18. The molecule has 4 aliphatic carbocycles. The lowest BCUT2D eigenvalue weighted by Crippen LogP contribution is -2.41. The summed E-state index contributed by atoms with van der Waals surface area (Å²) in [5.41, 5.74) is 13.6. The van der Waals surface area contributed by atoms with Crippen LogP contribution in [0.3, 0.4) is 0 Å². The van der Waals surface area contributed by atoms with Crippen LogP contribution in [0.15, 0.2) is 168 Å². The lowest BCUT2D eigenvalue weighted by atomic mass is 9.75. The molecular weight excluding hydrogens is 639 g/mol. The highest BCUT2D eigenvalue weighted by Gasteiger charge is 2.44. The van der Waals surface area contributed by atoms with Crippen molar-refractivity contribution in [3.8, 4) is 0 Å². The Labute approximate surface area is 304 Å². The second-order valence-electron chi connectivity index (χ2n) is 14.6. The summed E-state index contributed by atoms with van der Waals surface area (Å²) in [5.74, 6) is 0.0254. The van der Waals surface area contributed by atoms with Crippen LogP contribution in [0, 0.1) is 5.92 Å². The topological polar surface area (TPSA) is 29.3 Å². The van der Waals surface area contributed by atoms with Gasteiger partial charge in [0.15, 0.2) is 0 Å². The van der Waals surface area contributed by atoms with Crippen LogP contribution in [0.4, 0.5) is 0 Å². The van der Waals surface area contributed by atoms with Crippen molar-refractivity contribution in [3.05, 3.63) is 179 Å². The van der Waals surface area contributed by atoms with E-state index in [1.165, 1.54) is 60.8 Å². The predicted octanol–water partition coefficient (Wildman–Crippen LogP) is 11.3. The summed E-state index contributed by atoms with van der Waals surface area (Å²) in [6.07, 6.45) is 36.2. The van der Waals surface area contributed by atoms with E-state index in [0.717, 1.165) is 25.7 Å². The van der Waals surface area contributed by atoms with Crippen molar-refractivity contribution in [1.82, 2.24) is 9.88 Å². The van der Waals surface area contributed by atoms with E-state index < -0.39 is 5.79 Å². The summed E-state index contributed by atoms with van der Waals surface area (Å²) in [5, 5.41) is 7.00. The van der Waals surface area contributed by atoms with E-state index in [1.54, 1.807) is 5.57 Å². The molecule has 5 atom stereocenters. The number of nitrogens with one attached hydrogen (secondary N) is 1. The monoisotopic (exact) mass is 679 g/mol. The van der Waals surface area contributed by atoms with Crippen LogP contribution in [-0.4, -0.2) is 21.3 Å². The first kappa shape index (κ1) is 30.7. The molecule has 0 radical (unpaired) electrons. The van der Waals surface area contributed by atoms with Crippen LogP contribution < -0.4 is 5.32 Å². The molecular formula is C47H41N3S. The molecule has 1 aromatic heterocycles. The van der Waals surface area contributed by atoms with Gasteiger partial charge in [0.25, 0.3) is 0 Å². The summed E-state index contributed by atoms with van der Waals surface area (Å²) in [7, 11) is 0. The Balaban J connectivity index is 1.14. The van der Waals surface area contributed by atoms with Gasteiger partial charge in [0.05, 0.1) is 11.0 Å². The van der Waals surface area contributed by atoms with Crippen molar-refractivity contribution in [3.63, 3.8) is 0 Å². The highest BCUT2D eigenvalue weighted by atomic mass is 32.2. The lowest BCUT2D eigenvalue weighted by molar-refractivity contribution is 0.310. The maximum absolute atomic E-state index is 5.05. The number of hydrogen-bond acceptors (Lipinski definition) is 3. The Morgan fingerprint density at radius 2 is 1.71 bits per heavy atom. The third kappa shape index (κ3) is 5.14. The second kappa shape index (κ2) is 12.3. The average Bonchev–Trinajstić information content (AvgIpc) is 3.74. The minimum atomic E-state index is -0.657. The molecule has 3 nitrogen and oxygen atoms in total. The third-order valence-corrected chi connectivity index (χ3v) is 13.2. The highest BCUT2D eigenvalue weighted by Crippen LogP contribution is 2.56. The molecule has 1 fully saturated rings. The first-order valence-electron chi connectivity index (χ1n) is 18.5. The van der Waals surface area contributed by atoms with Crippen LogP contribution in [-0.2, 0) is 5.79 Å². The number of nitrogens with zero attached hydrogens (tertiary/aromatic N) is 2. The van der Waals surface area contributed by atoms with Crippen molar-refractivity contribution in [2.45, 2.75) is 54.8 Å². The molecule has 1 saturated heterocycles. The SMILES string of the molecule is CC1(n2c3ccc(C4=CCCC(C5=CC=CCC5)=C4)cc3c3ccc(C4C(c5ccccc5)=CC=C5C6C=CC=CC6SC54)cc32)N=CC=CN1. The zero-order valence-electron chi connectivity index (χ0n) is 28.9. The number of benzene rings is 3. The molecule has 10 rings (SSSR count). The minimum Gasteiger partial charge on any atom is -0.350 e. The fraction of sp³-hybridized carbons (Fsp3) is 0.213. The Kier molecular flexibility index (Phi) is 7.42. The van der Waals surface area contributed by atoms with Gasteiger partial charge in [-0.2, -0.15) is 0 Å². The van der Waals surface area contributed by atoms with E-state index in [9.17, 15) is 0 Å². The average molecular weight is 680 g/mol. The van der Waals surface area contributed by atoms with Crippen molar-refractivity contribution in [2.24, 2.45) is 10.9 Å². The molecule has 0 saturated carbocycles. The molecule has 5 unspecified atom stereocenters. The molecule has 0 amide bonds. The number of allylic oxidation sites excluding steroid dienone is 15. The van der Waals surface area contributed by atoms with Gasteiger partial charge in [-0.05, 0) is 101 Å². The Hall–Kier alpha value is -5.06. The molecule has 3 heterocycles. The zero-order valence-corrected chi connectivity index (χ0v) is 29.7. The smallest absolute Gasteiger partial charge is 0.208 e. The predicted molar refractivity (Wildman–Crippen MR) is 218 cm³/mol. The molecule has 250 valence electrons. The molecule has 3 aromatic carbocycles. The molecule has 0 spiro atoms. The van der Waals surface area contributed by atoms with E-state index in [2.05, 4.69) is 162 Å². The van der Waals surface area contributed by atoms with Crippen molar-refractivity contribution in [2.75, 3.05) is 0 Å². The number of fused-ring (bicyclic) bond motifs is 6. The van der Waals surface area contributed by atoms with Crippen LogP contribution in [0.25, 0.3) is 33.0 Å². The minimum absolute atomic E-state index is 0.228. The van der Waals surface area contributed by atoms with Crippen LogP contribution >= 0.6 is 11.8 Å². The number of aromatic nitrogens is 1. The summed E-state index contributed by atoms with van der Waals surface area (Å²) >= 11 is 2.13.